The van der Waals surface area contributed by atoms with Crippen molar-refractivity contribution in [2.24, 2.45) is 0 Å². The number of hydrogen-bond acceptors (Lipinski definition) is 5. The zero-order valence-corrected chi connectivity index (χ0v) is 14.7. The number of hydrogen-bond donors (Lipinski definition) is 1. The fraction of sp³-hybridized carbons (Fsp3) is 0.278. The molecule has 0 aliphatic carbocycles. The van der Waals surface area contributed by atoms with Crippen molar-refractivity contribution in [2.45, 2.75) is 13.1 Å². The van der Waals surface area contributed by atoms with Gasteiger partial charge in [-0.2, -0.15) is 4.98 Å². The summed E-state index contributed by atoms with van der Waals surface area (Å²) in [5, 5.41) is 0.358. The van der Waals surface area contributed by atoms with E-state index >= 15 is 0 Å². The van der Waals surface area contributed by atoms with Gasteiger partial charge in [-0.15, -0.1) is 0 Å². The molecule has 129 valence electrons. The normalized spacial score (nSPS) is 14.6. The van der Waals surface area contributed by atoms with Gasteiger partial charge in [0.05, 0.1) is 19.2 Å². The Morgan fingerprint density at radius 3 is 2.76 bits per heavy atom. The molecule has 1 aromatic carbocycles. The second-order valence-corrected chi connectivity index (χ2v) is 6.54. The van der Waals surface area contributed by atoms with Crippen LogP contribution in [0.4, 0.5) is 5.95 Å². The van der Waals surface area contributed by atoms with Gasteiger partial charge in [-0.05, 0) is 24.1 Å². The average Bonchev–Trinajstić information content (AvgIpc) is 2.95. The summed E-state index contributed by atoms with van der Waals surface area (Å²) in [4.78, 5) is 10.6. The molecule has 0 atom stereocenters. The van der Waals surface area contributed by atoms with Crippen LogP contribution >= 0.6 is 11.6 Å². The molecule has 6 nitrogen and oxygen atoms in total. The van der Waals surface area contributed by atoms with Gasteiger partial charge in [0.25, 0.3) is 0 Å². The number of anilines is 1. The molecule has 7 heteroatoms. The van der Waals surface area contributed by atoms with E-state index in [4.69, 9.17) is 22.1 Å². The summed E-state index contributed by atoms with van der Waals surface area (Å²) in [5.74, 6) is 1.05. The highest BCUT2D eigenvalue weighted by atomic mass is 35.5. The number of nitrogens with zero attached hydrogens (tertiary/aromatic N) is 4. The summed E-state index contributed by atoms with van der Waals surface area (Å²) in [6.45, 7) is 3.68. The van der Waals surface area contributed by atoms with Crippen molar-refractivity contribution in [2.75, 3.05) is 25.9 Å². The topological polar surface area (TPSA) is 69.2 Å². The minimum absolute atomic E-state index is 0.181. The van der Waals surface area contributed by atoms with Crippen LogP contribution in [0, 0.1) is 6.42 Å². The summed E-state index contributed by atoms with van der Waals surface area (Å²) in [5.41, 5.74) is 9.50. The van der Waals surface area contributed by atoms with Gasteiger partial charge in [-0.25, -0.2) is 4.98 Å². The summed E-state index contributed by atoms with van der Waals surface area (Å²) < 4.78 is 7.62. The van der Waals surface area contributed by atoms with E-state index in [1.807, 2.05) is 16.8 Å². The number of nitrogens with two attached hydrogens (primary N) is 1. The number of benzene rings is 1. The molecule has 2 N–H and O–H groups in total. The maximum atomic E-state index is 6.26. The van der Waals surface area contributed by atoms with Crippen molar-refractivity contribution >= 4 is 28.6 Å². The molecule has 0 unspecified atom stereocenters. The van der Waals surface area contributed by atoms with Gasteiger partial charge >= 0.3 is 0 Å². The number of halogens is 1. The molecule has 0 amide bonds. The maximum Gasteiger partial charge on any atom is 0.222 e. The van der Waals surface area contributed by atoms with Gasteiger partial charge < -0.3 is 15.0 Å². The summed E-state index contributed by atoms with van der Waals surface area (Å²) in [7, 11) is 1.70. The van der Waals surface area contributed by atoms with Crippen LogP contribution in [0.1, 0.15) is 11.1 Å². The van der Waals surface area contributed by atoms with E-state index in [1.54, 1.807) is 7.11 Å². The molecule has 1 saturated heterocycles. The number of methoxy groups -OCH3 is 1. The molecule has 0 bridgehead atoms. The molecule has 2 aromatic heterocycles. The van der Waals surface area contributed by atoms with Crippen molar-refractivity contribution < 1.29 is 4.74 Å². The third-order valence-corrected chi connectivity index (χ3v) is 4.72. The van der Waals surface area contributed by atoms with E-state index in [9.17, 15) is 0 Å². The van der Waals surface area contributed by atoms with Crippen molar-refractivity contribution in [1.29, 1.82) is 0 Å². The second-order valence-electron chi connectivity index (χ2n) is 6.18. The maximum absolute atomic E-state index is 6.26. The highest BCUT2D eigenvalue weighted by Crippen LogP contribution is 2.27. The van der Waals surface area contributed by atoms with E-state index in [0.717, 1.165) is 42.0 Å². The summed E-state index contributed by atoms with van der Waals surface area (Å²) >= 11 is 6.26. The lowest BCUT2D eigenvalue weighted by Crippen LogP contribution is -2.37. The number of rotatable bonds is 5. The minimum atomic E-state index is 0.181. The van der Waals surface area contributed by atoms with E-state index in [-0.39, 0.29) is 5.95 Å². The van der Waals surface area contributed by atoms with Crippen LogP contribution in [0.3, 0.4) is 0 Å². The highest BCUT2D eigenvalue weighted by molar-refractivity contribution is 6.33. The van der Waals surface area contributed by atoms with Crippen molar-refractivity contribution in [1.82, 2.24) is 19.4 Å². The fourth-order valence-electron chi connectivity index (χ4n) is 3.11. The molecule has 25 heavy (non-hydrogen) atoms. The standard InChI is InChI=1S/C18H19ClN5O/c1-25-15-9-12(10-23-6-2-7-23)3-4-13(15)11-24-8-5-14-16(24)17(19)22-18(20)21-14/h2-5,8-9H,6-7,10-11H2,1H3,(H2,20,21,22). The van der Waals surface area contributed by atoms with Crippen LogP contribution in [0.2, 0.25) is 5.15 Å². The number of aromatic nitrogens is 3. The Labute approximate surface area is 151 Å². The van der Waals surface area contributed by atoms with Gasteiger partial charge in [-0.3, -0.25) is 4.90 Å². The Morgan fingerprint density at radius 1 is 1.20 bits per heavy atom. The van der Waals surface area contributed by atoms with Gasteiger partial charge in [0.15, 0.2) is 5.15 Å². The molecular formula is C18H19ClN5O. The molecule has 0 spiro atoms. The van der Waals surface area contributed by atoms with Crippen LogP contribution in [0.25, 0.3) is 11.0 Å². The van der Waals surface area contributed by atoms with Crippen LogP contribution in [-0.2, 0) is 13.1 Å². The predicted molar refractivity (Wildman–Crippen MR) is 98.6 cm³/mol. The first kappa shape index (κ1) is 16.2. The van der Waals surface area contributed by atoms with Crippen LogP contribution in [-0.4, -0.2) is 39.6 Å². The highest BCUT2D eigenvalue weighted by Gasteiger charge is 2.16. The van der Waals surface area contributed by atoms with Crippen LogP contribution in [0.5, 0.6) is 5.75 Å². The lowest BCUT2D eigenvalue weighted by molar-refractivity contribution is 0.235. The minimum Gasteiger partial charge on any atom is -0.496 e. The Hall–Kier alpha value is -2.31. The van der Waals surface area contributed by atoms with Gasteiger partial charge in [-0.1, -0.05) is 23.7 Å². The number of nitrogen functional groups attached to an aromatic ring is 1. The largest absolute Gasteiger partial charge is 0.496 e. The van der Waals surface area contributed by atoms with E-state index < -0.39 is 0 Å². The van der Waals surface area contributed by atoms with Crippen molar-refractivity contribution in [3.63, 3.8) is 0 Å². The SMILES string of the molecule is COc1cc(CN2C[CH]C2)ccc1Cn1ccc2nc(N)nc(Cl)c21. The number of likely N-dealkylation sites (tertiary alicyclic amines) is 1. The average molecular weight is 357 g/mol. The Kier molecular flexibility index (Phi) is 4.23. The third kappa shape index (κ3) is 3.15. The summed E-state index contributed by atoms with van der Waals surface area (Å²) in [6.07, 6.45) is 4.20. The molecule has 3 aromatic rings. The molecule has 0 saturated carbocycles. The first-order valence-corrected chi connectivity index (χ1v) is 8.49. The Balaban J connectivity index is 1.64. The zero-order valence-electron chi connectivity index (χ0n) is 13.9. The summed E-state index contributed by atoms with van der Waals surface area (Å²) in [6, 6.07) is 8.25. The van der Waals surface area contributed by atoms with Crippen LogP contribution < -0.4 is 10.5 Å². The zero-order chi connectivity index (χ0) is 17.4. The molecule has 3 heterocycles. The number of ether oxygens (including phenoxy) is 1. The van der Waals surface area contributed by atoms with Crippen molar-refractivity contribution in [3.05, 3.63) is 53.2 Å². The molecule has 1 aliphatic heterocycles. The molecular weight excluding hydrogens is 338 g/mol. The lowest BCUT2D eigenvalue weighted by Gasteiger charge is -2.30. The second kappa shape index (κ2) is 6.54. The third-order valence-electron chi connectivity index (χ3n) is 4.46. The number of fused-ring (bicyclic) bond motifs is 1. The Morgan fingerprint density at radius 2 is 2.04 bits per heavy atom. The fourth-order valence-corrected chi connectivity index (χ4v) is 3.40. The smallest absolute Gasteiger partial charge is 0.222 e. The predicted octanol–water partition coefficient (Wildman–Crippen LogP) is 2.74. The van der Waals surface area contributed by atoms with Gasteiger partial charge in [0.2, 0.25) is 5.95 Å². The van der Waals surface area contributed by atoms with E-state index in [0.29, 0.717) is 11.7 Å². The monoisotopic (exact) mass is 356 g/mol. The molecule has 1 fully saturated rings. The van der Waals surface area contributed by atoms with E-state index in [1.165, 1.54) is 5.56 Å². The molecule has 4 rings (SSSR count). The lowest BCUT2D eigenvalue weighted by atomic mass is 10.1. The quantitative estimate of drug-likeness (QED) is 0.712. The van der Waals surface area contributed by atoms with E-state index in [2.05, 4.69) is 39.5 Å². The Bertz CT molecular complexity index is 919. The van der Waals surface area contributed by atoms with Crippen molar-refractivity contribution in [3.8, 4) is 5.75 Å². The van der Waals surface area contributed by atoms with Gasteiger partial charge in [0, 0.05) is 31.4 Å². The first-order chi connectivity index (χ1) is 12.1. The van der Waals surface area contributed by atoms with Gasteiger partial charge in [0.1, 0.15) is 11.3 Å². The van der Waals surface area contributed by atoms with Crippen LogP contribution in [0.15, 0.2) is 30.5 Å². The molecule has 1 aliphatic rings. The first-order valence-electron chi connectivity index (χ1n) is 8.11. The molecule has 1 radical (unpaired) electrons.